The maximum atomic E-state index is 3.61. The number of piperazine rings is 1. The molecule has 1 aromatic rings. The van der Waals surface area contributed by atoms with Gasteiger partial charge in [0.05, 0.1) is 0 Å². The number of hydrogen-bond acceptors (Lipinski definition) is 2. The summed E-state index contributed by atoms with van der Waals surface area (Å²) in [5.41, 5.74) is 4.00. The second kappa shape index (κ2) is 4.54. The highest BCUT2D eigenvalue weighted by Crippen LogP contribution is 2.27. The molecule has 3 heteroatoms. The average Bonchev–Trinajstić information content (AvgIpc) is 2.26. The van der Waals surface area contributed by atoms with Gasteiger partial charge in [-0.25, -0.2) is 0 Å². The minimum Gasteiger partial charge on any atom is -0.369 e. The third kappa shape index (κ3) is 2.34. The van der Waals surface area contributed by atoms with Crippen LogP contribution < -0.4 is 10.2 Å². The Kier molecular flexibility index (Phi) is 3.32. The highest BCUT2D eigenvalue weighted by molar-refractivity contribution is 9.10. The Labute approximate surface area is 99.8 Å². The van der Waals surface area contributed by atoms with Crippen LogP contribution in [0.5, 0.6) is 0 Å². The van der Waals surface area contributed by atoms with E-state index in [0.29, 0.717) is 0 Å². The van der Waals surface area contributed by atoms with Crippen LogP contribution in [0.25, 0.3) is 0 Å². The van der Waals surface area contributed by atoms with Crippen LogP contribution in [0, 0.1) is 13.8 Å². The molecule has 0 atom stereocenters. The summed E-state index contributed by atoms with van der Waals surface area (Å²) >= 11 is 3.61. The zero-order chi connectivity index (χ0) is 10.8. The second-order valence-electron chi connectivity index (χ2n) is 4.13. The van der Waals surface area contributed by atoms with Gasteiger partial charge in [-0.05, 0) is 37.1 Å². The van der Waals surface area contributed by atoms with E-state index in [1.165, 1.54) is 21.3 Å². The van der Waals surface area contributed by atoms with Gasteiger partial charge >= 0.3 is 0 Å². The SMILES string of the molecule is Cc1cc(N2CCNCC2)cc(C)c1Br. The lowest BCUT2D eigenvalue weighted by Gasteiger charge is -2.30. The molecule has 0 radical (unpaired) electrons. The molecule has 0 unspecified atom stereocenters. The molecule has 1 aliphatic heterocycles. The van der Waals surface area contributed by atoms with Crippen LogP contribution in [-0.4, -0.2) is 26.2 Å². The Morgan fingerprint density at radius 1 is 1.13 bits per heavy atom. The third-order valence-corrected chi connectivity index (χ3v) is 4.15. The van der Waals surface area contributed by atoms with Crippen molar-refractivity contribution in [2.45, 2.75) is 13.8 Å². The van der Waals surface area contributed by atoms with E-state index in [-0.39, 0.29) is 0 Å². The first-order chi connectivity index (χ1) is 7.18. The van der Waals surface area contributed by atoms with Crippen LogP contribution in [0.15, 0.2) is 16.6 Å². The van der Waals surface area contributed by atoms with Crippen LogP contribution >= 0.6 is 15.9 Å². The second-order valence-corrected chi connectivity index (χ2v) is 4.92. The molecule has 0 saturated carbocycles. The lowest BCUT2D eigenvalue weighted by atomic mass is 10.1. The highest BCUT2D eigenvalue weighted by atomic mass is 79.9. The van der Waals surface area contributed by atoms with Crippen molar-refractivity contribution < 1.29 is 0 Å². The number of hydrogen-bond donors (Lipinski definition) is 1. The van der Waals surface area contributed by atoms with Gasteiger partial charge in [0, 0.05) is 36.3 Å². The molecule has 0 bridgehead atoms. The fourth-order valence-corrected chi connectivity index (χ4v) is 2.26. The number of anilines is 1. The van der Waals surface area contributed by atoms with E-state index in [1.807, 2.05) is 0 Å². The molecule has 1 aromatic carbocycles. The Morgan fingerprint density at radius 2 is 1.67 bits per heavy atom. The lowest BCUT2D eigenvalue weighted by molar-refractivity contribution is 0.589. The fourth-order valence-electron chi connectivity index (χ4n) is 2.03. The Hall–Kier alpha value is -0.540. The Bertz CT molecular complexity index is 334. The molecule has 1 saturated heterocycles. The standard InChI is InChI=1S/C12H17BrN2/c1-9-7-11(8-10(2)12(9)13)15-5-3-14-4-6-15/h7-8,14H,3-6H2,1-2H3. The summed E-state index contributed by atoms with van der Waals surface area (Å²) < 4.78 is 1.24. The van der Waals surface area contributed by atoms with Gasteiger partial charge in [0.25, 0.3) is 0 Å². The molecule has 15 heavy (non-hydrogen) atoms. The van der Waals surface area contributed by atoms with Gasteiger partial charge in [-0.3, -0.25) is 0 Å². The van der Waals surface area contributed by atoms with Gasteiger partial charge in [0.15, 0.2) is 0 Å². The summed E-state index contributed by atoms with van der Waals surface area (Å²) in [6, 6.07) is 4.53. The largest absolute Gasteiger partial charge is 0.369 e. The molecule has 0 amide bonds. The van der Waals surface area contributed by atoms with Gasteiger partial charge in [-0.15, -0.1) is 0 Å². The van der Waals surface area contributed by atoms with Crippen LogP contribution in [0.1, 0.15) is 11.1 Å². The Balaban J connectivity index is 2.27. The third-order valence-electron chi connectivity index (χ3n) is 2.90. The van der Waals surface area contributed by atoms with E-state index in [1.54, 1.807) is 0 Å². The molecule has 0 spiro atoms. The van der Waals surface area contributed by atoms with E-state index in [4.69, 9.17) is 0 Å². The molecule has 2 nitrogen and oxygen atoms in total. The summed E-state index contributed by atoms with van der Waals surface area (Å²) in [5.74, 6) is 0. The van der Waals surface area contributed by atoms with Crippen molar-refractivity contribution in [3.8, 4) is 0 Å². The first kappa shape index (κ1) is 11.0. The topological polar surface area (TPSA) is 15.3 Å². The van der Waals surface area contributed by atoms with Crippen LogP contribution in [0.2, 0.25) is 0 Å². The van der Waals surface area contributed by atoms with E-state index < -0.39 is 0 Å². The maximum absolute atomic E-state index is 3.61. The number of nitrogens with zero attached hydrogens (tertiary/aromatic N) is 1. The fraction of sp³-hybridized carbons (Fsp3) is 0.500. The van der Waals surface area contributed by atoms with Crippen molar-refractivity contribution in [1.29, 1.82) is 0 Å². The lowest BCUT2D eigenvalue weighted by Crippen LogP contribution is -2.43. The summed E-state index contributed by atoms with van der Waals surface area (Å²) in [5, 5.41) is 3.37. The van der Waals surface area contributed by atoms with E-state index in [0.717, 1.165) is 26.2 Å². The van der Waals surface area contributed by atoms with Gasteiger partial charge in [-0.1, -0.05) is 15.9 Å². The number of aryl methyl sites for hydroxylation is 2. The van der Waals surface area contributed by atoms with Crippen LogP contribution in [0.3, 0.4) is 0 Å². The normalized spacial score (nSPS) is 16.9. The molecule has 0 aliphatic carbocycles. The summed E-state index contributed by atoms with van der Waals surface area (Å²) in [6.45, 7) is 8.72. The van der Waals surface area contributed by atoms with Crippen LogP contribution in [-0.2, 0) is 0 Å². The predicted molar refractivity (Wildman–Crippen MR) is 68.7 cm³/mol. The minimum absolute atomic E-state index is 1.09. The first-order valence-corrected chi connectivity index (χ1v) is 6.20. The molecule has 0 aromatic heterocycles. The number of rotatable bonds is 1. The summed E-state index contributed by atoms with van der Waals surface area (Å²) in [6.07, 6.45) is 0. The smallest absolute Gasteiger partial charge is 0.0373 e. The van der Waals surface area contributed by atoms with Crippen molar-refractivity contribution in [3.63, 3.8) is 0 Å². The Morgan fingerprint density at radius 3 is 2.20 bits per heavy atom. The number of benzene rings is 1. The number of halogens is 1. The zero-order valence-corrected chi connectivity index (χ0v) is 10.9. The van der Waals surface area contributed by atoms with E-state index in [2.05, 4.69) is 52.1 Å². The maximum Gasteiger partial charge on any atom is 0.0373 e. The predicted octanol–water partition coefficient (Wildman–Crippen LogP) is 2.48. The molecular formula is C12H17BrN2. The number of nitrogens with one attached hydrogen (secondary N) is 1. The van der Waals surface area contributed by atoms with Crippen molar-refractivity contribution in [2.24, 2.45) is 0 Å². The van der Waals surface area contributed by atoms with Gasteiger partial charge in [0.2, 0.25) is 0 Å². The zero-order valence-electron chi connectivity index (χ0n) is 9.31. The molecule has 1 N–H and O–H groups in total. The molecule has 1 heterocycles. The molecule has 1 fully saturated rings. The van der Waals surface area contributed by atoms with Crippen LogP contribution in [0.4, 0.5) is 5.69 Å². The highest BCUT2D eigenvalue weighted by Gasteiger charge is 2.12. The summed E-state index contributed by atoms with van der Waals surface area (Å²) in [4.78, 5) is 2.45. The minimum atomic E-state index is 1.09. The molecular weight excluding hydrogens is 252 g/mol. The molecule has 1 aliphatic rings. The van der Waals surface area contributed by atoms with Crippen molar-refractivity contribution in [3.05, 3.63) is 27.7 Å². The first-order valence-electron chi connectivity index (χ1n) is 5.41. The van der Waals surface area contributed by atoms with Crippen molar-refractivity contribution >= 4 is 21.6 Å². The van der Waals surface area contributed by atoms with Gasteiger partial charge < -0.3 is 10.2 Å². The summed E-state index contributed by atoms with van der Waals surface area (Å²) in [7, 11) is 0. The van der Waals surface area contributed by atoms with E-state index in [9.17, 15) is 0 Å². The average molecular weight is 269 g/mol. The molecule has 2 rings (SSSR count). The van der Waals surface area contributed by atoms with Gasteiger partial charge in [-0.2, -0.15) is 0 Å². The quantitative estimate of drug-likeness (QED) is 0.842. The molecule has 82 valence electrons. The van der Waals surface area contributed by atoms with Crippen molar-refractivity contribution in [2.75, 3.05) is 31.1 Å². The monoisotopic (exact) mass is 268 g/mol. The van der Waals surface area contributed by atoms with Gasteiger partial charge in [0.1, 0.15) is 0 Å². The van der Waals surface area contributed by atoms with Crippen molar-refractivity contribution in [1.82, 2.24) is 5.32 Å². The van der Waals surface area contributed by atoms with E-state index >= 15 is 0 Å².